The Labute approximate surface area is 165 Å². The molecule has 1 heterocycles. The number of nitrogens with one attached hydrogen (secondary N) is 2. The number of hydrogen-bond acceptors (Lipinski definition) is 7. The van der Waals surface area contributed by atoms with Crippen LogP contribution in [0, 0.1) is 0 Å². The number of nitrogens with two attached hydrogens (primary N) is 2. The van der Waals surface area contributed by atoms with Crippen LogP contribution in [-0.2, 0) is 11.2 Å². The van der Waals surface area contributed by atoms with Gasteiger partial charge in [0.05, 0.1) is 0 Å². The molecule has 0 aromatic carbocycles. The molecule has 0 unspecified atom stereocenters. The first kappa shape index (κ1) is 22.4. The number of hydrogen-bond donors (Lipinski definition) is 4. The lowest BCUT2D eigenvalue weighted by atomic mass is 10.1. The quantitative estimate of drug-likeness (QED) is 0.167. The van der Waals surface area contributed by atoms with Crippen molar-refractivity contribution in [1.82, 2.24) is 15.5 Å². The number of nitrogens with zero attached hydrogens (tertiary/aromatic N) is 2. The zero-order chi connectivity index (χ0) is 20.1. The van der Waals surface area contributed by atoms with Gasteiger partial charge in [0.25, 0.3) is 0 Å². The second-order valence-corrected chi connectivity index (χ2v) is 7.30. The number of rotatable bonds is 14. The van der Waals surface area contributed by atoms with E-state index in [1.165, 1.54) is 5.57 Å². The van der Waals surface area contributed by atoms with Gasteiger partial charge in [-0.3, -0.25) is 4.79 Å². The van der Waals surface area contributed by atoms with Crippen molar-refractivity contribution in [3.63, 3.8) is 0 Å². The fourth-order valence-electron chi connectivity index (χ4n) is 2.35. The van der Waals surface area contributed by atoms with Gasteiger partial charge in [0, 0.05) is 24.2 Å². The van der Waals surface area contributed by atoms with Crippen molar-refractivity contribution in [3.05, 3.63) is 53.1 Å². The SMILES string of the molecule is C=C(CCC)CC(=C)Nc1nnc(CCCC/C(N)=C/C=C(\N)NC=O)s1. The number of unbranched alkanes of at least 4 members (excludes halogenated alkanes) is 1. The highest BCUT2D eigenvalue weighted by atomic mass is 32.1. The molecule has 7 nitrogen and oxygen atoms in total. The van der Waals surface area contributed by atoms with E-state index in [1.807, 2.05) is 0 Å². The largest absolute Gasteiger partial charge is 0.402 e. The summed E-state index contributed by atoms with van der Waals surface area (Å²) in [7, 11) is 0. The van der Waals surface area contributed by atoms with E-state index in [2.05, 4.69) is 40.9 Å². The molecule has 6 N–H and O–H groups in total. The molecule has 1 amide bonds. The standard InChI is InChI=1S/C19H30N6OS/c1-4-7-14(2)12-15(3)23-19-25-24-18(27-19)9-6-5-8-16(20)10-11-17(21)22-13-26/h10-11,13H,2-9,12,20-21H2,1H3,(H,22,26)(H,23,25)/b16-10-,17-11+. The molecule has 0 saturated heterocycles. The molecular formula is C19H30N6OS. The maximum absolute atomic E-state index is 10.2. The third-order valence-electron chi connectivity index (χ3n) is 3.63. The molecule has 8 heteroatoms. The molecule has 27 heavy (non-hydrogen) atoms. The van der Waals surface area contributed by atoms with E-state index in [1.54, 1.807) is 23.5 Å². The predicted octanol–water partition coefficient (Wildman–Crippen LogP) is 3.31. The van der Waals surface area contributed by atoms with Gasteiger partial charge in [0.1, 0.15) is 10.8 Å². The maximum Gasteiger partial charge on any atom is 0.212 e. The highest BCUT2D eigenvalue weighted by molar-refractivity contribution is 7.15. The van der Waals surface area contributed by atoms with Gasteiger partial charge >= 0.3 is 0 Å². The topological polar surface area (TPSA) is 119 Å². The lowest BCUT2D eigenvalue weighted by Gasteiger charge is -2.07. The summed E-state index contributed by atoms with van der Waals surface area (Å²) in [6.45, 7) is 10.2. The van der Waals surface area contributed by atoms with Gasteiger partial charge in [-0.1, -0.05) is 43.4 Å². The Morgan fingerprint density at radius 2 is 1.96 bits per heavy atom. The monoisotopic (exact) mass is 390 g/mol. The summed E-state index contributed by atoms with van der Waals surface area (Å²) in [5.41, 5.74) is 14.2. The van der Waals surface area contributed by atoms with Gasteiger partial charge in [0.15, 0.2) is 0 Å². The van der Waals surface area contributed by atoms with Crippen LogP contribution in [0.25, 0.3) is 0 Å². The van der Waals surface area contributed by atoms with E-state index in [0.29, 0.717) is 12.1 Å². The van der Waals surface area contributed by atoms with Crippen molar-refractivity contribution in [1.29, 1.82) is 0 Å². The summed E-state index contributed by atoms with van der Waals surface area (Å²) in [6.07, 6.45) is 10.2. The Balaban J connectivity index is 2.32. The van der Waals surface area contributed by atoms with Gasteiger partial charge in [0.2, 0.25) is 11.5 Å². The van der Waals surface area contributed by atoms with Crippen LogP contribution in [0.1, 0.15) is 50.5 Å². The van der Waals surface area contributed by atoms with Gasteiger partial charge in [-0.15, -0.1) is 10.2 Å². The Bertz CT molecular complexity index is 692. The van der Waals surface area contributed by atoms with Crippen molar-refractivity contribution in [2.45, 2.75) is 51.9 Å². The molecule has 0 aliphatic rings. The van der Waals surface area contributed by atoms with Crippen LogP contribution < -0.4 is 22.1 Å². The molecule has 0 atom stereocenters. The lowest BCUT2D eigenvalue weighted by Crippen LogP contribution is -2.17. The molecule has 0 spiro atoms. The number of allylic oxidation sites excluding steroid dienone is 4. The fourth-order valence-corrected chi connectivity index (χ4v) is 3.17. The summed E-state index contributed by atoms with van der Waals surface area (Å²) < 4.78 is 0. The average Bonchev–Trinajstić information content (AvgIpc) is 3.04. The van der Waals surface area contributed by atoms with Crippen molar-refractivity contribution >= 4 is 22.9 Å². The van der Waals surface area contributed by atoms with Crippen LogP contribution in [0.2, 0.25) is 0 Å². The van der Waals surface area contributed by atoms with Crippen LogP contribution in [0.15, 0.2) is 48.1 Å². The molecule has 0 radical (unpaired) electrons. The number of anilines is 1. The van der Waals surface area contributed by atoms with Crippen LogP contribution in [0.5, 0.6) is 0 Å². The highest BCUT2D eigenvalue weighted by Crippen LogP contribution is 2.21. The van der Waals surface area contributed by atoms with Gasteiger partial charge < -0.3 is 22.1 Å². The van der Waals surface area contributed by atoms with Crippen molar-refractivity contribution < 1.29 is 4.79 Å². The second-order valence-electron chi connectivity index (χ2n) is 6.24. The number of carbonyl (C=O) groups is 1. The predicted molar refractivity (Wildman–Crippen MR) is 113 cm³/mol. The molecule has 148 valence electrons. The number of amides is 1. The highest BCUT2D eigenvalue weighted by Gasteiger charge is 2.06. The summed E-state index contributed by atoms with van der Waals surface area (Å²) in [5.74, 6) is 0.265. The Morgan fingerprint density at radius 3 is 2.67 bits per heavy atom. The number of aromatic nitrogens is 2. The zero-order valence-corrected chi connectivity index (χ0v) is 16.8. The van der Waals surface area contributed by atoms with Crippen LogP contribution in [0.4, 0.5) is 5.13 Å². The molecule has 0 aliphatic heterocycles. The summed E-state index contributed by atoms with van der Waals surface area (Å²) in [5, 5.41) is 15.7. The van der Waals surface area contributed by atoms with Crippen LogP contribution in [-0.4, -0.2) is 16.6 Å². The fraction of sp³-hybridized carbons (Fsp3) is 0.421. The number of carbonyl (C=O) groups excluding carboxylic acids is 1. The molecule has 0 saturated carbocycles. The van der Waals surface area contributed by atoms with Gasteiger partial charge in [-0.2, -0.15) is 0 Å². The van der Waals surface area contributed by atoms with E-state index in [9.17, 15) is 4.79 Å². The molecule has 0 bridgehead atoms. The van der Waals surface area contributed by atoms with Crippen molar-refractivity contribution in [2.24, 2.45) is 11.5 Å². The minimum atomic E-state index is 0.265. The van der Waals surface area contributed by atoms with Crippen molar-refractivity contribution in [2.75, 3.05) is 5.32 Å². The minimum absolute atomic E-state index is 0.265. The first-order chi connectivity index (χ1) is 12.9. The van der Waals surface area contributed by atoms with E-state index < -0.39 is 0 Å². The molecule has 0 fully saturated rings. The van der Waals surface area contributed by atoms with E-state index in [-0.39, 0.29) is 5.82 Å². The summed E-state index contributed by atoms with van der Waals surface area (Å²) in [6, 6.07) is 0. The smallest absolute Gasteiger partial charge is 0.212 e. The first-order valence-electron chi connectivity index (χ1n) is 9.00. The molecule has 1 rings (SSSR count). The van der Waals surface area contributed by atoms with Crippen LogP contribution in [0.3, 0.4) is 0 Å². The Morgan fingerprint density at radius 1 is 1.19 bits per heavy atom. The third kappa shape index (κ3) is 10.2. The molecule has 1 aromatic rings. The van der Waals surface area contributed by atoms with Crippen LogP contribution >= 0.6 is 11.3 Å². The molecule has 1 aromatic heterocycles. The lowest BCUT2D eigenvalue weighted by molar-refractivity contribution is -0.108. The Kier molecular flexibility index (Phi) is 10.5. The second kappa shape index (κ2) is 12.7. The third-order valence-corrected chi connectivity index (χ3v) is 4.52. The number of aryl methyl sites for hydroxylation is 1. The zero-order valence-electron chi connectivity index (χ0n) is 16.0. The van der Waals surface area contributed by atoms with Gasteiger partial charge in [-0.25, -0.2) is 0 Å². The van der Waals surface area contributed by atoms with Gasteiger partial charge in [-0.05, 0) is 37.8 Å². The minimum Gasteiger partial charge on any atom is -0.402 e. The van der Waals surface area contributed by atoms with E-state index in [0.717, 1.165) is 60.8 Å². The van der Waals surface area contributed by atoms with Crippen molar-refractivity contribution in [3.8, 4) is 0 Å². The normalized spacial score (nSPS) is 11.9. The summed E-state index contributed by atoms with van der Waals surface area (Å²) >= 11 is 1.54. The maximum atomic E-state index is 10.2. The van der Waals surface area contributed by atoms with E-state index in [4.69, 9.17) is 11.5 Å². The average molecular weight is 391 g/mol. The molecule has 0 aliphatic carbocycles. The summed E-state index contributed by atoms with van der Waals surface area (Å²) in [4.78, 5) is 10.2. The molecular weight excluding hydrogens is 360 g/mol. The Hall–Kier alpha value is -2.61. The van der Waals surface area contributed by atoms with E-state index >= 15 is 0 Å². The first-order valence-corrected chi connectivity index (χ1v) is 9.82.